The van der Waals surface area contributed by atoms with Crippen LogP contribution in [0.3, 0.4) is 0 Å². The summed E-state index contributed by atoms with van der Waals surface area (Å²) in [5.41, 5.74) is 2.83. The van der Waals surface area contributed by atoms with Gasteiger partial charge in [0, 0.05) is 12.5 Å². The Kier molecular flexibility index (Phi) is 8.85. The number of thioether (sulfide) groups is 1. The SMILES string of the molecule is CC(=O)OC(c1ccc(Br)o1)C1([SiH](C)C)C(=O)N(C(C)(C)C)C1SC(c1ccccc1)(c1ccccc1)c1ccccc1. The number of furan rings is 1. The number of benzene rings is 3. The van der Waals surface area contributed by atoms with Crippen molar-refractivity contribution in [1.29, 1.82) is 0 Å². The number of esters is 1. The van der Waals surface area contributed by atoms with Crippen LogP contribution in [0.25, 0.3) is 0 Å². The second-order valence-corrected chi connectivity index (χ2v) is 17.7. The fourth-order valence-electron chi connectivity index (χ4n) is 6.37. The van der Waals surface area contributed by atoms with Crippen LogP contribution in [-0.2, 0) is 19.1 Å². The fourth-order valence-corrected chi connectivity index (χ4v) is 12.0. The van der Waals surface area contributed by atoms with Gasteiger partial charge in [0.25, 0.3) is 0 Å². The molecule has 0 saturated carbocycles. The summed E-state index contributed by atoms with van der Waals surface area (Å²) in [5.74, 6) is 0.0271. The largest absolute Gasteiger partial charge is 0.453 e. The summed E-state index contributed by atoms with van der Waals surface area (Å²) < 4.78 is 12.0. The molecule has 8 heteroatoms. The van der Waals surface area contributed by atoms with E-state index < -0.39 is 36.2 Å². The van der Waals surface area contributed by atoms with E-state index in [1.54, 1.807) is 17.8 Å². The smallest absolute Gasteiger partial charge is 0.303 e. The molecular weight excluding hydrogens is 638 g/mol. The predicted octanol–water partition coefficient (Wildman–Crippen LogP) is 8.57. The normalized spacial score (nSPS) is 19.7. The first-order valence-corrected chi connectivity index (χ1v) is 19.1. The highest BCUT2D eigenvalue weighted by Crippen LogP contribution is 2.68. The van der Waals surface area contributed by atoms with E-state index in [1.165, 1.54) is 6.92 Å². The summed E-state index contributed by atoms with van der Waals surface area (Å²) in [6.07, 6.45) is -0.869. The number of β-lactam (4-membered cyclic amide) rings is 1. The van der Waals surface area contributed by atoms with Gasteiger partial charge in [0.05, 0.1) is 18.9 Å². The maximum Gasteiger partial charge on any atom is 0.303 e. The van der Waals surface area contributed by atoms with Gasteiger partial charge in [-0.1, -0.05) is 104 Å². The minimum absolute atomic E-state index is 0.000948. The lowest BCUT2D eigenvalue weighted by molar-refractivity contribution is -0.173. The van der Waals surface area contributed by atoms with E-state index in [9.17, 15) is 9.59 Å². The fraction of sp³-hybridized carbons (Fsp3) is 0.314. The van der Waals surface area contributed by atoms with Crippen molar-refractivity contribution >= 4 is 48.4 Å². The van der Waals surface area contributed by atoms with Crippen molar-refractivity contribution in [2.75, 3.05) is 0 Å². The monoisotopic (exact) mass is 675 g/mol. The zero-order valence-electron chi connectivity index (χ0n) is 25.4. The van der Waals surface area contributed by atoms with Crippen LogP contribution >= 0.6 is 27.7 Å². The molecule has 3 unspecified atom stereocenters. The zero-order chi connectivity index (χ0) is 31.0. The first-order valence-electron chi connectivity index (χ1n) is 14.5. The van der Waals surface area contributed by atoms with E-state index in [2.05, 4.69) is 123 Å². The van der Waals surface area contributed by atoms with Crippen molar-refractivity contribution < 1.29 is 18.7 Å². The van der Waals surface area contributed by atoms with E-state index in [-0.39, 0.29) is 11.3 Å². The lowest BCUT2D eigenvalue weighted by atomic mass is 9.83. The molecule has 1 fully saturated rings. The molecule has 224 valence electrons. The molecule has 43 heavy (non-hydrogen) atoms. The first kappa shape index (κ1) is 31.4. The van der Waals surface area contributed by atoms with Crippen molar-refractivity contribution in [2.45, 2.75) is 67.6 Å². The molecule has 1 aliphatic heterocycles. The Balaban J connectivity index is 1.82. The molecule has 0 N–H and O–H groups in total. The Labute approximate surface area is 268 Å². The van der Waals surface area contributed by atoms with Crippen LogP contribution in [0.5, 0.6) is 0 Å². The number of nitrogens with zero attached hydrogens (tertiary/aromatic N) is 1. The van der Waals surface area contributed by atoms with E-state index in [0.717, 1.165) is 16.7 Å². The third kappa shape index (κ3) is 5.42. The zero-order valence-corrected chi connectivity index (χ0v) is 29.0. The molecule has 1 aliphatic rings. The van der Waals surface area contributed by atoms with Gasteiger partial charge in [-0.05, 0) is 65.5 Å². The minimum atomic E-state index is -1.95. The number of ether oxygens (including phenoxy) is 1. The number of likely N-dealkylation sites (tertiary alicyclic amines) is 1. The predicted molar refractivity (Wildman–Crippen MR) is 180 cm³/mol. The third-order valence-corrected chi connectivity index (χ3v) is 13.6. The second-order valence-electron chi connectivity index (χ2n) is 12.3. The van der Waals surface area contributed by atoms with Crippen LogP contribution in [0, 0.1) is 0 Å². The molecule has 1 saturated heterocycles. The summed E-state index contributed by atoms with van der Waals surface area (Å²) in [6, 6.07) is 35.1. The number of carbonyl (C=O) groups excluding carboxylic acids is 2. The number of hydrogen-bond donors (Lipinski definition) is 0. The van der Waals surface area contributed by atoms with Gasteiger partial charge in [-0.25, -0.2) is 0 Å². The van der Waals surface area contributed by atoms with Gasteiger partial charge in [-0.15, -0.1) is 11.8 Å². The van der Waals surface area contributed by atoms with Gasteiger partial charge in [0.1, 0.15) is 10.8 Å². The molecule has 4 aromatic rings. The average Bonchev–Trinajstić information content (AvgIpc) is 3.41. The summed E-state index contributed by atoms with van der Waals surface area (Å²) in [5, 5.41) is -1.33. The van der Waals surface area contributed by atoms with E-state index in [4.69, 9.17) is 9.15 Å². The number of hydrogen-bond acceptors (Lipinski definition) is 5. The van der Waals surface area contributed by atoms with Gasteiger partial charge >= 0.3 is 5.97 Å². The highest BCUT2D eigenvalue weighted by molar-refractivity contribution is 9.10. The Morgan fingerprint density at radius 1 is 0.884 bits per heavy atom. The van der Waals surface area contributed by atoms with Crippen molar-refractivity contribution in [3.63, 3.8) is 0 Å². The van der Waals surface area contributed by atoms with Crippen LogP contribution in [0.2, 0.25) is 18.1 Å². The summed E-state index contributed by atoms with van der Waals surface area (Å²) in [6.45, 7) is 12.0. The van der Waals surface area contributed by atoms with Gasteiger partial charge in [0.2, 0.25) is 5.91 Å². The quantitative estimate of drug-likeness (QED) is 0.0770. The van der Waals surface area contributed by atoms with Crippen LogP contribution in [-0.4, -0.2) is 36.5 Å². The Morgan fingerprint density at radius 2 is 1.35 bits per heavy atom. The Bertz CT molecular complexity index is 1470. The lowest BCUT2D eigenvalue weighted by Crippen LogP contribution is -2.74. The second kappa shape index (κ2) is 12.1. The highest BCUT2D eigenvalue weighted by atomic mass is 79.9. The minimum Gasteiger partial charge on any atom is -0.453 e. The van der Waals surface area contributed by atoms with E-state index in [1.807, 2.05) is 29.2 Å². The van der Waals surface area contributed by atoms with Crippen LogP contribution in [0.15, 0.2) is 112 Å². The van der Waals surface area contributed by atoms with Crippen molar-refractivity contribution in [2.24, 2.45) is 0 Å². The maximum absolute atomic E-state index is 14.8. The Hall–Kier alpha value is -3.07. The summed E-state index contributed by atoms with van der Waals surface area (Å²) >= 11 is 5.19. The maximum atomic E-state index is 14.8. The standard InChI is InChI=1S/C35H38BrNO4SSi/c1-24(38)40-30(28-22-23-29(36)41-28)35(43(5)6)31(39)37(33(2,3)4)32(35)42-34(25-16-10-7-11-17-25,26-18-12-8-13-19-26)27-20-14-9-15-21-27/h7-23,30,32,43H,1-6H3. The number of rotatable bonds is 9. The summed E-state index contributed by atoms with van der Waals surface area (Å²) in [4.78, 5) is 29.5. The van der Waals surface area contributed by atoms with Crippen LogP contribution < -0.4 is 0 Å². The molecule has 1 amide bonds. The molecular formula is C35H38BrNO4SSi. The highest BCUT2D eigenvalue weighted by Gasteiger charge is 2.72. The molecule has 0 bridgehead atoms. The molecule has 3 atom stereocenters. The molecule has 2 heterocycles. The van der Waals surface area contributed by atoms with E-state index >= 15 is 0 Å². The number of amides is 1. The van der Waals surface area contributed by atoms with Gasteiger partial charge < -0.3 is 14.1 Å². The number of carbonyl (C=O) groups is 2. The van der Waals surface area contributed by atoms with Crippen molar-refractivity contribution in [3.05, 3.63) is 130 Å². The number of halogens is 1. The molecule has 0 aliphatic carbocycles. The molecule has 0 radical (unpaired) electrons. The summed E-state index contributed by atoms with van der Waals surface area (Å²) in [7, 11) is -1.95. The third-order valence-electron chi connectivity index (χ3n) is 8.31. The topological polar surface area (TPSA) is 59.8 Å². The molecule has 5 rings (SSSR count). The van der Waals surface area contributed by atoms with Crippen LogP contribution in [0.1, 0.15) is 56.2 Å². The van der Waals surface area contributed by atoms with Crippen molar-refractivity contribution in [1.82, 2.24) is 4.90 Å². The van der Waals surface area contributed by atoms with Crippen LogP contribution in [0.4, 0.5) is 0 Å². The Morgan fingerprint density at radius 3 is 1.70 bits per heavy atom. The molecule has 5 nitrogen and oxygen atoms in total. The van der Waals surface area contributed by atoms with E-state index in [0.29, 0.717) is 10.4 Å². The average molecular weight is 677 g/mol. The van der Waals surface area contributed by atoms with Gasteiger partial charge in [-0.2, -0.15) is 0 Å². The first-order chi connectivity index (χ1) is 20.4. The van der Waals surface area contributed by atoms with Gasteiger partial charge in [-0.3, -0.25) is 9.59 Å². The molecule has 0 spiro atoms. The molecule has 3 aromatic carbocycles. The lowest BCUT2D eigenvalue weighted by Gasteiger charge is -2.64. The van der Waals surface area contributed by atoms with Crippen molar-refractivity contribution in [3.8, 4) is 0 Å². The molecule has 1 aromatic heterocycles. The van der Waals surface area contributed by atoms with Gasteiger partial charge in [0.15, 0.2) is 10.8 Å².